The minimum Gasteiger partial charge on any atom is -0.464 e. The third-order valence-electron chi connectivity index (χ3n) is 7.15. The molecule has 0 saturated carbocycles. The summed E-state index contributed by atoms with van der Waals surface area (Å²) in [6.07, 6.45) is 1.86. The Kier molecular flexibility index (Phi) is 4.10. The SMILES string of the molecule is c1ccc(N2CCN(c3ccoc4c5ccccc5c5c6ccccc6cc5c34)CC2)cc1. The molecule has 3 heteroatoms. The van der Waals surface area contributed by atoms with Gasteiger partial charge in [-0.2, -0.15) is 0 Å². The third kappa shape index (κ3) is 2.82. The van der Waals surface area contributed by atoms with E-state index in [1.807, 2.05) is 6.26 Å². The Labute approximate surface area is 192 Å². The molecule has 160 valence electrons. The van der Waals surface area contributed by atoms with Crippen molar-refractivity contribution in [2.75, 3.05) is 36.0 Å². The standard InChI is InChI=1S/C30H24N2O/c1-2-9-22(10-3-1)31-15-17-32(18-16-31)27-14-19-33-30-25-13-7-6-12-24(25)28-23-11-5-4-8-21(23)20-26(28)29(27)30/h1-14,19-20H,15-18H2. The second-order valence-electron chi connectivity index (χ2n) is 8.89. The van der Waals surface area contributed by atoms with Gasteiger partial charge in [-0.15, -0.1) is 0 Å². The van der Waals surface area contributed by atoms with Gasteiger partial charge in [0.05, 0.1) is 12.0 Å². The van der Waals surface area contributed by atoms with Gasteiger partial charge >= 0.3 is 0 Å². The van der Waals surface area contributed by atoms with Crippen LogP contribution >= 0.6 is 0 Å². The van der Waals surface area contributed by atoms with Crippen molar-refractivity contribution >= 4 is 54.7 Å². The third-order valence-corrected chi connectivity index (χ3v) is 7.15. The van der Waals surface area contributed by atoms with Gasteiger partial charge in [0.25, 0.3) is 0 Å². The smallest absolute Gasteiger partial charge is 0.144 e. The molecule has 0 amide bonds. The van der Waals surface area contributed by atoms with E-state index in [0.717, 1.165) is 31.8 Å². The van der Waals surface area contributed by atoms with Crippen molar-refractivity contribution in [3.05, 3.63) is 97.3 Å². The Morgan fingerprint density at radius 3 is 2.03 bits per heavy atom. The number of fused-ring (bicyclic) bond motifs is 8. The van der Waals surface area contributed by atoms with E-state index < -0.39 is 0 Å². The van der Waals surface area contributed by atoms with Crippen LogP contribution in [0.25, 0.3) is 43.3 Å². The van der Waals surface area contributed by atoms with Crippen LogP contribution in [0.5, 0.6) is 0 Å². The summed E-state index contributed by atoms with van der Waals surface area (Å²) < 4.78 is 6.21. The van der Waals surface area contributed by atoms with Crippen molar-refractivity contribution in [2.24, 2.45) is 0 Å². The monoisotopic (exact) mass is 428 g/mol. The molecule has 6 aromatic rings. The zero-order valence-electron chi connectivity index (χ0n) is 18.4. The molecule has 1 aromatic heterocycles. The molecule has 0 radical (unpaired) electrons. The molecule has 7 rings (SSSR count). The van der Waals surface area contributed by atoms with Gasteiger partial charge < -0.3 is 14.2 Å². The number of rotatable bonds is 2. The summed E-state index contributed by atoms with van der Waals surface area (Å²) >= 11 is 0. The van der Waals surface area contributed by atoms with E-state index in [4.69, 9.17) is 4.42 Å². The van der Waals surface area contributed by atoms with Gasteiger partial charge in [-0.1, -0.05) is 66.7 Å². The minimum absolute atomic E-state index is 0.983. The first-order valence-electron chi connectivity index (χ1n) is 11.7. The van der Waals surface area contributed by atoms with Gasteiger partial charge in [0.2, 0.25) is 0 Å². The number of para-hydroxylation sites is 1. The highest BCUT2D eigenvalue weighted by Gasteiger charge is 2.22. The first-order valence-corrected chi connectivity index (χ1v) is 11.7. The lowest BCUT2D eigenvalue weighted by atomic mass is 9.98. The molecular formula is C30H24N2O. The van der Waals surface area contributed by atoms with E-state index in [1.165, 1.54) is 49.1 Å². The molecule has 1 saturated heterocycles. The van der Waals surface area contributed by atoms with Crippen molar-refractivity contribution in [1.82, 2.24) is 0 Å². The van der Waals surface area contributed by atoms with Crippen molar-refractivity contribution in [3.63, 3.8) is 0 Å². The largest absolute Gasteiger partial charge is 0.464 e. The first-order chi connectivity index (χ1) is 16.4. The number of anilines is 2. The Balaban J connectivity index is 1.43. The highest BCUT2D eigenvalue weighted by Crippen LogP contribution is 2.44. The average Bonchev–Trinajstić information content (AvgIpc) is 3.29. The predicted octanol–water partition coefficient (Wildman–Crippen LogP) is 7.22. The van der Waals surface area contributed by atoms with Crippen molar-refractivity contribution < 1.29 is 4.42 Å². The summed E-state index contributed by atoms with van der Waals surface area (Å²) in [6, 6.07) is 32.6. The molecule has 0 aliphatic carbocycles. The molecule has 0 unspecified atom stereocenters. The van der Waals surface area contributed by atoms with Crippen LogP contribution in [0.4, 0.5) is 11.4 Å². The Bertz CT molecular complexity index is 1630. The lowest BCUT2D eigenvalue weighted by Gasteiger charge is -2.37. The normalized spacial score (nSPS) is 14.7. The van der Waals surface area contributed by atoms with Crippen LogP contribution in [0.3, 0.4) is 0 Å². The van der Waals surface area contributed by atoms with Gasteiger partial charge in [0.1, 0.15) is 5.58 Å². The lowest BCUT2D eigenvalue weighted by molar-refractivity contribution is 0.603. The maximum Gasteiger partial charge on any atom is 0.144 e. The molecule has 1 aliphatic rings. The van der Waals surface area contributed by atoms with Gasteiger partial charge in [0.15, 0.2) is 0 Å². The number of piperazine rings is 1. The number of benzene rings is 4. The van der Waals surface area contributed by atoms with Gasteiger partial charge in [-0.05, 0) is 51.2 Å². The highest BCUT2D eigenvalue weighted by molar-refractivity contribution is 6.34. The van der Waals surface area contributed by atoms with Crippen LogP contribution in [0.2, 0.25) is 0 Å². The van der Waals surface area contributed by atoms with Crippen LogP contribution in [-0.4, -0.2) is 26.2 Å². The van der Waals surface area contributed by atoms with Gasteiger partial charge in [-0.3, -0.25) is 0 Å². The molecule has 0 N–H and O–H groups in total. The van der Waals surface area contributed by atoms with E-state index in [1.54, 1.807) is 0 Å². The van der Waals surface area contributed by atoms with Crippen LogP contribution < -0.4 is 9.80 Å². The number of hydrogen-bond acceptors (Lipinski definition) is 3. The zero-order chi connectivity index (χ0) is 21.8. The summed E-state index contributed by atoms with van der Waals surface area (Å²) in [5.74, 6) is 0. The second-order valence-corrected chi connectivity index (χ2v) is 8.89. The number of nitrogens with zero attached hydrogens (tertiary/aromatic N) is 2. The van der Waals surface area contributed by atoms with E-state index >= 15 is 0 Å². The van der Waals surface area contributed by atoms with E-state index in [9.17, 15) is 0 Å². The molecule has 5 aromatic carbocycles. The molecule has 2 heterocycles. The van der Waals surface area contributed by atoms with Crippen LogP contribution in [0, 0.1) is 0 Å². The molecule has 0 atom stereocenters. The van der Waals surface area contributed by atoms with E-state index in [2.05, 4.69) is 101 Å². The van der Waals surface area contributed by atoms with Crippen molar-refractivity contribution in [1.29, 1.82) is 0 Å². The summed E-state index contributed by atoms with van der Waals surface area (Å²) in [5.41, 5.74) is 3.56. The fraction of sp³-hybridized carbons (Fsp3) is 0.133. The molecular weight excluding hydrogens is 404 g/mol. The highest BCUT2D eigenvalue weighted by atomic mass is 16.3. The van der Waals surface area contributed by atoms with Crippen LogP contribution in [0.1, 0.15) is 0 Å². The summed E-state index contributed by atoms with van der Waals surface area (Å²) in [7, 11) is 0. The Morgan fingerprint density at radius 1 is 0.545 bits per heavy atom. The molecule has 3 nitrogen and oxygen atoms in total. The summed E-state index contributed by atoms with van der Waals surface area (Å²) in [6.45, 7) is 4.00. The minimum atomic E-state index is 0.983. The predicted molar refractivity (Wildman–Crippen MR) is 140 cm³/mol. The Hall–Kier alpha value is -3.98. The number of hydrogen-bond donors (Lipinski definition) is 0. The van der Waals surface area contributed by atoms with Gasteiger partial charge in [-0.25, -0.2) is 0 Å². The molecule has 33 heavy (non-hydrogen) atoms. The summed E-state index contributed by atoms with van der Waals surface area (Å²) in [5, 5.41) is 8.89. The zero-order valence-corrected chi connectivity index (χ0v) is 18.4. The van der Waals surface area contributed by atoms with Crippen molar-refractivity contribution in [2.45, 2.75) is 0 Å². The molecule has 1 aliphatic heterocycles. The summed E-state index contributed by atoms with van der Waals surface area (Å²) in [4.78, 5) is 5.01. The molecule has 0 spiro atoms. The van der Waals surface area contributed by atoms with Crippen LogP contribution in [0.15, 0.2) is 102 Å². The van der Waals surface area contributed by atoms with E-state index in [-0.39, 0.29) is 0 Å². The fourth-order valence-corrected chi connectivity index (χ4v) is 5.60. The maximum atomic E-state index is 6.21. The topological polar surface area (TPSA) is 19.6 Å². The second kappa shape index (κ2) is 7.28. The quantitative estimate of drug-likeness (QED) is 0.272. The Morgan fingerprint density at radius 2 is 1.21 bits per heavy atom. The van der Waals surface area contributed by atoms with E-state index in [0.29, 0.717) is 0 Å². The van der Waals surface area contributed by atoms with Crippen LogP contribution in [-0.2, 0) is 0 Å². The first kappa shape index (κ1) is 18.6. The molecule has 0 bridgehead atoms. The average molecular weight is 429 g/mol. The van der Waals surface area contributed by atoms with Gasteiger partial charge in [0, 0.05) is 42.6 Å². The fourth-order valence-electron chi connectivity index (χ4n) is 5.60. The maximum absolute atomic E-state index is 6.21. The molecule has 1 fully saturated rings. The lowest BCUT2D eigenvalue weighted by Crippen LogP contribution is -2.46. The van der Waals surface area contributed by atoms with Crippen molar-refractivity contribution in [3.8, 4) is 0 Å².